The van der Waals surface area contributed by atoms with E-state index in [4.69, 9.17) is 9.47 Å². The van der Waals surface area contributed by atoms with Crippen molar-refractivity contribution in [3.05, 3.63) is 35.9 Å². The van der Waals surface area contributed by atoms with Crippen molar-refractivity contribution in [2.75, 3.05) is 26.2 Å². The number of carbonyl (C=O) groups is 1. The molecule has 1 heterocycles. The second-order valence-corrected chi connectivity index (χ2v) is 7.14. The standard InChI is InChI=1S/C21H34N2O3/c1-3-4-5-7-10-18(2)22-15-20-16-23(13-14-25-20)21(24)26-17-19-11-8-6-9-12-19/h6,8-9,11-12,18,20,22H,3-5,7,10,13-17H2,1-2H3. The normalized spacial score (nSPS) is 18.5. The van der Waals surface area contributed by atoms with Crippen LogP contribution in [0.25, 0.3) is 0 Å². The molecule has 0 radical (unpaired) electrons. The molecule has 1 fully saturated rings. The van der Waals surface area contributed by atoms with Crippen LogP contribution < -0.4 is 5.32 Å². The van der Waals surface area contributed by atoms with Gasteiger partial charge in [-0.05, 0) is 18.9 Å². The Labute approximate surface area is 158 Å². The molecule has 5 heteroatoms. The largest absolute Gasteiger partial charge is 0.445 e. The predicted molar refractivity (Wildman–Crippen MR) is 104 cm³/mol. The molecule has 0 bridgehead atoms. The highest BCUT2D eigenvalue weighted by Crippen LogP contribution is 2.10. The lowest BCUT2D eigenvalue weighted by Crippen LogP contribution is -2.50. The summed E-state index contributed by atoms with van der Waals surface area (Å²) in [6, 6.07) is 10.3. The van der Waals surface area contributed by atoms with Crippen molar-refractivity contribution < 1.29 is 14.3 Å². The van der Waals surface area contributed by atoms with E-state index in [-0.39, 0.29) is 12.2 Å². The average molecular weight is 363 g/mol. The average Bonchev–Trinajstić information content (AvgIpc) is 2.69. The van der Waals surface area contributed by atoms with Crippen molar-refractivity contribution in [1.29, 1.82) is 0 Å². The van der Waals surface area contributed by atoms with E-state index in [0.717, 1.165) is 12.1 Å². The van der Waals surface area contributed by atoms with Crippen LogP contribution >= 0.6 is 0 Å². The summed E-state index contributed by atoms with van der Waals surface area (Å²) >= 11 is 0. The fourth-order valence-electron chi connectivity index (χ4n) is 3.13. The molecule has 2 rings (SSSR count). The topological polar surface area (TPSA) is 50.8 Å². The fourth-order valence-corrected chi connectivity index (χ4v) is 3.13. The molecule has 1 aliphatic rings. The summed E-state index contributed by atoms with van der Waals surface area (Å²) in [5.41, 5.74) is 1.00. The fraction of sp³-hybridized carbons (Fsp3) is 0.667. The van der Waals surface area contributed by atoms with Gasteiger partial charge in [0, 0.05) is 19.1 Å². The zero-order chi connectivity index (χ0) is 18.6. The quantitative estimate of drug-likeness (QED) is 0.640. The van der Waals surface area contributed by atoms with Gasteiger partial charge in [0.1, 0.15) is 6.61 Å². The Hall–Kier alpha value is -1.59. The Morgan fingerprint density at radius 1 is 1.31 bits per heavy atom. The number of nitrogens with one attached hydrogen (secondary N) is 1. The molecule has 1 N–H and O–H groups in total. The number of amides is 1. The lowest BCUT2D eigenvalue weighted by Gasteiger charge is -2.33. The number of benzene rings is 1. The van der Waals surface area contributed by atoms with Gasteiger partial charge in [-0.3, -0.25) is 0 Å². The molecule has 2 unspecified atom stereocenters. The maximum absolute atomic E-state index is 12.3. The molecule has 1 aromatic carbocycles. The lowest BCUT2D eigenvalue weighted by molar-refractivity contribution is -0.0279. The third-order valence-electron chi connectivity index (χ3n) is 4.79. The lowest BCUT2D eigenvalue weighted by atomic mass is 10.1. The molecule has 0 aliphatic carbocycles. The summed E-state index contributed by atoms with van der Waals surface area (Å²) in [4.78, 5) is 14.0. The van der Waals surface area contributed by atoms with Crippen molar-refractivity contribution in [2.45, 2.75) is 64.7 Å². The van der Waals surface area contributed by atoms with Crippen molar-refractivity contribution in [3.8, 4) is 0 Å². The maximum atomic E-state index is 12.3. The zero-order valence-electron chi connectivity index (χ0n) is 16.3. The van der Waals surface area contributed by atoms with Crippen molar-refractivity contribution >= 4 is 6.09 Å². The van der Waals surface area contributed by atoms with E-state index in [1.807, 2.05) is 30.3 Å². The van der Waals surface area contributed by atoms with Crippen LogP contribution in [-0.2, 0) is 16.1 Å². The Kier molecular flexibility index (Phi) is 9.50. The Balaban J connectivity index is 1.65. The summed E-state index contributed by atoms with van der Waals surface area (Å²) in [6.45, 7) is 7.29. The van der Waals surface area contributed by atoms with Gasteiger partial charge in [0.25, 0.3) is 0 Å². The van der Waals surface area contributed by atoms with E-state index in [1.165, 1.54) is 32.1 Å². The van der Waals surface area contributed by atoms with Crippen LogP contribution in [0.5, 0.6) is 0 Å². The first-order valence-electron chi connectivity index (χ1n) is 9.99. The summed E-state index contributed by atoms with van der Waals surface area (Å²) in [6.07, 6.45) is 6.14. The van der Waals surface area contributed by atoms with Gasteiger partial charge < -0.3 is 19.7 Å². The minimum Gasteiger partial charge on any atom is -0.445 e. The molecule has 1 saturated heterocycles. The second-order valence-electron chi connectivity index (χ2n) is 7.14. The van der Waals surface area contributed by atoms with Crippen LogP contribution in [0.2, 0.25) is 0 Å². The number of carbonyl (C=O) groups excluding carboxylic acids is 1. The first kappa shape index (κ1) is 20.7. The molecule has 5 nitrogen and oxygen atoms in total. The molecule has 1 aliphatic heterocycles. The van der Waals surface area contributed by atoms with Gasteiger partial charge in [-0.15, -0.1) is 0 Å². The number of hydrogen-bond acceptors (Lipinski definition) is 4. The highest BCUT2D eigenvalue weighted by molar-refractivity contribution is 5.67. The summed E-state index contributed by atoms with van der Waals surface area (Å²) in [5, 5.41) is 3.54. The van der Waals surface area contributed by atoms with Gasteiger partial charge in [0.15, 0.2) is 0 Å². The second kappa shape index (κ2) is 11.9. The van der Waals surface area contributed by atoms with Gasteiger partial charge in [0.2, 0.25) is 0 Å². The molecule has 26 heavy (non-hydrogen) atoms. The smallest absolute Gasteiger partial charge is 0.410 e. The van der Waals surface area contributed by atoms with E-state index in [0.29, 0.717) is 32.3 Å². The van der Waals surface area contributed by atoms with Crippen LogP contribution in [0, 0.1) is 0 Å². The third kappa shape index (κ3) is 7.75. The molecule has 0 saturated carbocycles. The van der Waals surface area contributed by atoms with Crippen molar-refractivity contribution in [2.24, 2.45) is 0 Å². The highest BCUT2D eigenvalue weighted by atomic mass is 16.6. The van der Waals surface area contributed by atoms with Gasteiger partial charge >= 0.3 is 6.09 Å². The summed E-state index contributed by atoms with van der Waals surface area (Å²) in [5.74, 6) is 0. The van der Waals surface area contributed by atoms with E-state index in [2.05, 4.69) is 19.2 Å². The minimum absolute atomic E-state index is 0.0334. The van der Waals surface area contributed by atoms with E-state index >= 15 is 0 Å². The Bertz CT molecular complexity index is 509. The molecular formula is C21H34N2O3. The molecule has 0 aromatic heterocycles. The van der Waals surface area contributed by atoms with Crippen LogP contribution in [0.15, 0.2) is 30.3 Å². The van der Waals surface area contributed by atoms with Crippen molar-refractivity contribution in [3.63, 3.8) is 0 Å². The van der Waals surface area contributed by atoms with Gasteiger partial charge in [-0.2, -0.15) is 0 Å². The van der Waals surface area contributed by atoms with Crippen LogP contribution in [-0.4, -0.2) is 49.4 Å². The molecule has 1 amide bonds. The number of ether oxygens (including phenoxy) is 2. The van der Waals surface area contributed by atoms with Gasteiger partial charge in [0.05, 0.1) is 19.3 Å². The summed E-state index contributed by atoms with van der Waals surface area (Å²) in [7, 11) is 0. The third-order valence-corrected chi connectivity index (χ3v) is 4.79. The van der Waals surface area contributed by atoms with Crippen LogP contribution in [0.3, 0.4) is 0 Å². The van der Waals surface area contributed by atoms with Crippen molar-refractivity contribution in [1.82, 2.24) is 10.2 Å². The highest BCUT2D eigenvalue weighted by Gasteiger charge is 2.25. The molecule has 2 atom stereocenters. The van der Waals surface area contributed by atoms with Gasteiger partial charge in [-0.1, -0.05) is 62.9 Å². The molecule has 1 aromatic rings. The molecule has 0 spiro atoms. The van der Waals surface area contributed by atoms with Crippen LogP contribution in [0.1, 0.15) is 51.5 Å². The molecule has 146 valence electrons. The number of hydrogen-bond donors (Lipinski definition) is 1. The maximum Gasteiger partial charge on any atom is 0.410 e. The number of morpholine rings is 1. The predicted octanol–water partition coefficient (Wildman–Crippen LogP) is 3.97. The first-order valence-corrected chi connectivity index (χ1v) is 9.99. The minimum atomic E-state index is -0.255. The number of rotatable bonds is 10. The number of nitrogens with zero attached hydrogens (tertiary/aromatic N) is 1. The van der Waals surface area contributed by atoms with Gasteiger partial charge in [-0.25, -0.2) is 4.79 Å². The summed E-state index contributed by atoms with van der Waals surface area (Å²) < 4.78 is 11.2. The van der Waals surface area contributed by atoms with E-state index < -0.39 is 0 Å². The zero-order valence-corrected chi connectivity index (χ0v) is 16.3. The molecular weight excluding hydrogens is 328 g/mol. The van der Waals surface area contributed by atoms with E-state index in [1.54, 1.807) is 4.90 Å². The van der Waals surface area contributed by atoms with Crippen LogP contribution in [0.4, 0.5) is 4.79 Å². The Morgan fingerprint density at radius 3 is 2.88 bits per heavy atom. The SMILES string of the molecule is CCCCCCC(C)NCC1CN(C(=O)OCc2ccccc2)CCO1. The monoisotopic (exact) mass is 362 g/mol. The van der Waals surface area contributed by atoms with E-state index in [9.17, 15) is 4.79 Å². The Morgan fingerprint density at radius 2 is 2.12 bits per heavy atom. The first-order chi connectivity index (χ1) is 12.7. The number of unbranched alkanes of at least 4 members (excludes halogenated alkanes) is 3.